The summed E-state index contributed by atoms with van der Waals surface area (Å²) in [5, 5.41) is 12.3. The van der Waals surface area contributed by atoms with Gasteiger partial charge < -0.3 is 16.2 Å². The number of carbonyl (C=O) groups excluding carboxylic acids is 1. The lowest BCUT2D eigenvalue weighted by Gasteiger charge is -2.21. The summed E-state index contributed by atoms with van der Waals surface area (Å²) < 4.78 is 0. The zero-order valence-electron chi connectivity index (χ0n) is 13.5. The number of nitrogens with two attached hydrogens (primary N) is 1. The summed E-state index contributed by atoms with van der Waals surface area (Å²) in [5.74, 6) is -0.958. The molecule has 0 radical (unpaired) electrons. The van der Waals surface area contributed by atoms with Crippen molar-refractivity contribution < 1.29 is 14.7 Å². The fourth-order valence-electron chi connectivity index (χ4n) is 2.66. The number of hydrogen-bond donors (Lipinski definition) is 3. The first-order chi connectivity index (χ1) is 12.1. The minimum atomic E-state index is -0.958. The molecule has 2 aromatic carbocycles. The van der Waals surface area contributed by atoms with Crippen molar-refractivity contribution >= 4 is 17.9 Å². The van der Waals surface area contributed by atoms with Gasteiger partial charge in [0, 0.05) is 23.0 Å². The second-order valence-corrected chi connectivity index (χ2v) is 5.85. The van der Waals surface area contributed by atoms with E-state index in [0.29, 0.717) is 17.7 Å². The van der Waals surface area contributed by atoms with Crippen LogP contribution in [-0.2, 0) is 4.79 Å². The highest BCUT2D eigenvalue weighted by molar-refractivity contribution is 5.90. The van der Waals surface area contributed by atoms with Gasteiger partial charge >= 0.3 is 5.97 Å². The zero-order valence-corrected chi connectivity index (χ0v) is 13.5. The Kier molecular flexibility index (Phi) is 4.77. The first-order valence-electron chi connectivity index (χ1n) is 7.90. The molecule has 1 atom stereocenters. The van der Waals surface area contributed by atoms with Crippen molar-refractivity contribution in [2.45, 2.75) is 12.5 Å². The number of nitrogens with one attached hydrogen (secondary N) is 1. The van der Waals surface area contributed by atoms with Crippen molar-refractivity contribution in [3.05, 3.63) is 77.5 Å². The molecule has 25 heavy (non-hydrogen) atoms. The number of aliphatic carboxylic acids is 1. The van der Waals surface area contributed by atoms with Gasteiger partial charge in [0.2, 0.25) is 0 Å². The summed E-state index contributed by atoms with van der Waals surface area (Å²) in [6.45, 7) is 0. The first-order valence-corrected chi connectivity index (χ1v) is 7.90. The van der Waals surface area contributed by atoms with Gasteiger partial charge in [0.25, 0.3) is 0 Å². The van der Waals surface area contributed by atoms with Crippen LogP contribution in [0.5, 0.6) is 0 Å². The molecule has 0 aromatic heterocycles. The third-order valence-electron chi connectivity index (χ3n) is 4.10. The Morgan fingerprint density at radius 3 is 2.24 bits per heavy atom. The van der Waals surface area contributed by atoms with Crippen LogP contribution in [0.3, 0.4) is 0 Å². The SMILES string of the molecule is NC1CC=C(C(=O)O)C=C1Nc1ccc(-c2ccc(C=O)cc2)cc1. The molecule has 0 spiro atoms. The largest absolute Gasteiger partial charge is 0.478 e. The van der Waals surface area contributed by atoms with Crippen LogP contribution in [0.15, 0.2) is 72.0 Å². The van der Waals surface area contributed by atoms with Crippen molar-refractivity contribution in [2.75, 3.05) is 5.32 Å². The molecule has 0 bridgehead atoms. The van der Waals surface area contributed by atoms with Crippen LogP contribution in [0, 0.1) is 0 Å². The van der Waals surface area contributed by atoms with Crippen LogP contribution >= 0.6 is 0 Å². The van der Waals surface area contributed by atoms with E-state index in [-0.39, 0.29) is 11.6 Å². The van der Waals surface area contributed by atoms with E-state index in [9.17, 15) is 9.59 Å². The summed E-state index contributed by atoms with van der Waals surface area (Å²) >= 11 is 0. The summed E-state index contributed by atoms with van der Waals surface area (Å²) in [5.41, 5.74) is 10.5. The lowest BCUT2D eigenvalue weighted by molar-refractivity contribution is -0.132. The molecule has 1 unspecified atom stereocenters. The fourth-order valence-corrected chi connectivity index (χ4v) is 2.66. The Morgan fingerprint density at radius 2 is 1.68 bits per heavy atom. The van der Waals surface area contributed by atoms with E-state index in [1.807, 2.05) is 36.4 Å². The normalized spacial score (nSPS) is 16.6. The molecule has 5 nitrogen and oxygen atoms in total. The van der Waals surface area contributed by atoms with Gasteiger partial charge in [-0.1, -0.05) is 42.5 Å². The van der Waals surface area contributed by atoms with Crippen molar-refractivity contribution in [3.8, 4) is 11.1 Å². The van der Waals surface area contributed by atoms with Crippen LogP contribution in [0.4, 0.5) is 5.69 Å². The zero-order chi connectivity index (χ0) is 17.8. The molecule has 3 rings (SSSR count). The third kappa shape index (κ3) is 3.84. The highest BCUT2D eigenvalue weighted by Crippen LogP contribution is 2.24. The lowest BCUT2D eigenvalue weighted by atomic mass is 9.99. The van der Waals surface area contributed by atoms with Crippen LogP contribution in [0.25, 0.3) is 11.1 Å². The molecule has 5 heteroatoms. The van der Waals surface area contributed by atoms with Crippen molar-refractivity contribution in [1.82, 2.24) is 0 Å². The number of benzene rings is 2. The summed E-state index contributed by atoms with van der Waals surface area (Å²) in [7, 11) is 0. The average Bonchev–Trinajstić information content (AvgIpc) is 2.64. The molecule has 0 saturated heterocycles. The van der Waals surface area contributed by atoms with E-state index in [1.54, 1.807) is 24.3 Å². The maximum absolute atomic E-state index is 11.1. The number of carbonyl (C=O) groups is 2. The van der Waals surface area contributed by atoms with E-state index >= 15 is 0 Å². The third-order valence-corrected chi connectivity index (χ3v) is 4.10. The number of rotatable bonds is 5. The molecule has 0 amide bonds. The Labute approximate surface area is 145 Å². The minimum Gasteiger partial charge on any atom is -0.478 e. The standard InChI is InChI=1S/C20H18N2O3/c21-18-10-7-16(20(24)25)11-19(18)22-17-8-5-15(6-9-17)14-3-1-13(12-23)2-4-14/h1-9,11-12,18,22H,10,21H2,(H,24,25). The Hall–Kier alpha value is -3.18. The second-order valence-electron chi connectivity index (χ2n) is 5.85. The van der Waals surface area contributed by atoms with Crippen LogP contribution in [-0.4, -0.2) is 23.4 Å². The minimum absolute atomic E-state index is 0.246. The molecule has 1 aliphatic carbocycles. The van der Waals surface area contributed by atoms with Gasteiger partial charge in [-0.25, -0.2) is 4.79 Å². The van der Waals surface area contributed by atoms with Gasteiger partial charge in [0.15, 0.2) is 0 Å². The predicted molar refractivity (Wildman–Crippen MR) is 97.3 cm³/mol. The van der Waals surface area contributed by atoms with Crippen LogP contribution in [0.1, 0.15) is 16.8 Å². The van der Waals surface area contributed by atoms with Gasteiger partial charge in [-0.3, -0.25) is 4.79 Å². The smallest absolute Gasteiger partial charge is 0.335 e. The molecule has 0 aliphatic heterocycles. The Bertz CT molecular complexity index is 850. The van der Waals surface area contributed by atoms with Crippen molar-refractivity contribution in [2.24, 2.45) is 5.73 Å². The number of carboxylic acids is 1. The topological polar surface area (TPSA) is 92.4 Å². The summed E-state index contributed by atoms with van der Waals surface area (Å²) in [4.78, 5) is 21.8. The number of hydrogen-bond acceptors (Lipinski definition) is 4. The molecule has 1 aliphatic rings. The summed E-state index contributed by atoms with van der Waals surface area (Å²) in [6, 6.07) is 14.8. The average molecular weight is 334 g/mol. The van der Waals surface area contributed by atoms with E-state index in [0.717, 1.165) is 23.1 Å². The quantitative estimate of drug-likeness (QED) is 0.730. The highest BCUT2D eigenvalue weighted by Gasteiger charge is 2.17. The van der Waals surface area contributed by atoms with E-state index in [1.165, 1.54) is 0 Å². The van der Waals surface area contributed by atoms with Gasteiger partial charge in [-0.2, -0.15) is 0 Å². The van der Waals surface area contributed by atoms with Crippen molar-refractivity contribution in [3.63, 3.8) is 0 Å². The molecule has 4 N–H and O–H groups in total. The van der Waals surface area contributed by atoms with Gasteiger partial charge in [0.1, 0.15) is 6.29 Å². The molecule has 2 aromatic rings. The van der Waals surface area contributed by atoms with Crippen LogP contribution < -0.4 is 11.1 Å². The van der Waals surface area contributed by atoms with E-state index < -0.39 is 5.97 Å². The molecule has 0 heterocycles. The predicted octanol–water partition coefficient (Wildman–Crippen LogP) is 3.20. The highest BCUT2D eigenvalue weighted by atomic mass is 16.4. The van der Waals surface area contributed by atoms with E-state index in [2.05, 4.69) is 5.32 Å². The number of carboxylic acid groups (broad SMARTS) is 1. The Morgan fingerprint density at radius 1 is 1.08 bits per heavy atom. The maximum Gasteiger partial charge on any atom is 0.335 e. The van der Waals surface area contributed by atoms with Crippen molar-refractivity contribution in [1.29, 1.82) is 0 Å². The second kappa shape index (κ2) is 7.15. The summed E-state index contributed by atoms with van der Waals surface area (Å²) in [6.07, 6.45) is 4.51. The molecule has 0 saturated carbocycles. The van der Waals surface area contributed by atoms with E-state index in [4.69, 9.17) is 10.8 Å². The number of anilines is 1. The molecular weight excluding hydrogens is 316 g/mol. The van der Waals surface area contributed by atoms with Gasteiger partial charge in [0.05, 0.1) is 5.57 Å². The Balaban J connectivity index is 1.77. The monoisotopic (exact) mass is 334 g/mol. The molecular formula is C20H18N2O3. The van der Waals surface area contributed by atoms with Gasteiger partial charge in [-0.15, -0.1) is 0 Å². The fraction of sp³-hybridized carbons (Fsp3) is 0.100. The first kappa shape index (κ1) is 16.7. The number of aldehydes is 1. The lowest BCUT2D eigenvalue weighted by Crippen LogP contribution is -2.29. The van der Waals surface area contributed by atoms with Crippen LogP contribution in [0.2, 0.25) is 0 Å². The molecule has 0 fully saturated rings. The molecule has 126 valence electrons. The van der Waals surface area contributed by atoms with Gasteiger partial charge in [-0.05, 0) is 35.8 Å². The maximum atomic E-state index is 11.1.